The molecule has 0 radical (unpaired) electrons. The number of hydrogen-bond acceptors (Lipinski definition) is 3. The van der Waals surface area contributed by atoms with Gasteiger partial charge in [-0.05, 0) is 44.1 Å². The van der Waals surface area contributed by atoms with Gasteiger partial charge in [-0.3, -0.25) is 0 Å². The smallest absolute Gasteiger partial charge is 0.242 e. The Morgan fingerprint density at radius 2 is 1.90 bits per heavy atom. The summed E-state index contributed by atoms with van der Waals surface area (Å²) in [5.74, 6) is 1.14. The SMILES string of the molecule is CCn1cc(S(=O)(=O)NC2CC(C)CC(C)C2)cc1CN. The molecule has 1 aliphatic rings. The normalized spacial score (nSPS) is 27.0. The van der Waals surface area contributed by atoms with Gasteiger partial charge in [-0.2, -0.15) is 0 Å². The van der Waals surface area contributed by atoms with Crippen molar-refractivity contribution in [3.05, 3.63) is 18.0 Å². The van der Waals surface area contributed by atoms with Crippen molar-refractivity contribution in [1.29, 1.82) is 0 Å². The molecule has 2 unspecified atom stereocenters. The van der Waals surface area contributed by atoms with E-state index >= 15 is 0 Å². The molecule has 5 nitrogen and oxygen atoms in total. The predicted octanol–water partition coefficient (Wildman–Crippen LogP) is 2.07. The molecule has 2 atom stereocenters. The van der Waals surface area contributed by atoms with Gasteiger partial charge in [0.05, 0.1) is 4.90 Å². The Morgan fingerprint density at radius 3 is 2.38 bits per heavy atom. The van der Waals surface area contributed by atoms with Gasteiger partial charge in [0.25, 0.3) is 0 Å². The van der Waals surface area contributed by atoms with Crippen molar-refractivity contribution in [2.75, 3.05) is 0 Å². The van der Waals surface area contributed by atoms with E-state index < -0.39 is 10.0 Å². The fourth-order valence-electron chi connectivity index (χ4n) is 3.47. The maximum Gasteiger partial charge on any atom is 0.242 e. The molecule has 21 heavy (non-hydrogen) atoms. The maximum absolute atomic E-state index is 12.5. The Kier molecular flexibility index (Phi) is 5.11. The number of nitrogens with one attached hydrogen (secondary N) is 1. The Bertz CT molecular complexity index is 548. The van der Waals surface area contributed by atoms with E-state index in [1.165, 1.54) is 6.42 Å². The molecular weight excluding hydrogens is 286 g/mol. The van der Waals surface area contributed by atoms with Gasteiger partial charge >= 0.3 is 0 Å². The third kappa shape index (κ3) is 3.87. The fourth-order valence-corrected chi connectivity index (χ4v) is 4.79. The monoisotopic (exact) mass is 313 g/mol. The van der Waals surface area contributed by atoms with Crippen LogP contribution in [-0.4, -0.2) is 19.0 Å². The van der Waals surface area contributed by atoms with E-state index in [1.807, 2.05) is 11.5 Å². The molecule has 1 aromatic heterocycles. The zero-order valence-corrected chi connectivity index (χ0v) is 14.0. The molecule has 1 fully saturated rings. The van der Waals surface area contributed by atoms with Crippen LogP contribution in [0.2, 0.25) is 0 Å². The largest absolute Gasteiger partial charge is 0.349 e. The second-order valence-electron chi connectivity index (χ2n) is 6.39. The van der Waals surface area contributed by atoms with E-state index in [9.17, 15) is 8.42 Å². The fraction of sp³-hybridized carbons (Fsp3) is 0.733. The van der Waals surface area contributed by atoms with Crippen LogP contribution in [0.15, 0.2) is 17.2 Å². The van der Waals surface area contributed by atoms with Crippen LogP contribution in [0.4, 0.5) is 0 Å². The lowest BCUT2D eigenvalue weighted by Crippen LogP contribution is -2.39. The number of hydrogen-bond donors (Lipinski definition) is 2. The Hall–Kier alpha value is -0.850. The van der Waals surface area contributed by atoms with E-state index in [0.717, 1.165) is 25.1 Å². The molecule has 1 saturated carbocycles. The lowest BCUT2D eigenvalue weighted by atomic mass is 9.81. The van der Waals surface area contributed by atoms with E-state index in [1.54, 1.807) is 12.3 Å². The molecule has 6 heteroatoms. The third-order valence-corrected chi connectivity index (χ3v) is 5.81. The minimum Gasteiger partial charge on any atom is -0.349 e. The number of nitrogens with zero attached hydrogens (tertiary/aromatic N) is 1. The van der Waals surface area contributed by atoms with Crippen LogP contribution in [0, 0.1) is 11.8 Å². The van der Waals surface area contributed by atoms with Crippen LogP contribution in [0.25, 0.3) is 0 Å². The van der Waals surface area contributed by atoms with Gasteiger partial charge in [-0.15, -0.1) is 0 Å². The minimum atomic E-state index is -3.45. The van der Waals surface area contributed by atoms with Crippen molar-refractivity contribution in [2.45, 2.75) is 64.1 Å². The topological polar surface area (TPSA) is 77.1 Å². The second-order valence-corrected chi connectivity index (χ2v) is 8.11. The highest BCUT2D eigenvalue weighted by Crippen LogP contribution is 2.29. The average molecular weight is 313 g/mol. The first kappa shape index (κ1) is 16.5. The van der Waals surface area contributed by atoms with Crippen LogP contribution < -0.4 is 10.5 Å². The zero-order valence-electron chi connectivity index (χ0n) is 13.2. The number of sulfonamides is 1. The number of rotatable bonds is 5. The summed E-state index contributed by atoms with van der Waals surface area (Å²) in [7, 11) is -3.45. The summed E-state index contributed by atoms with van der Waals surface area (Å²) in [6, 6.07) is 1.72. The lowest BCUT2D eigenvalue weighted by molar-refractivity contribution is 0.257. The van der Waals surface area contributed by atoms with Gasteiger partial charge in [-0.1, -0.05) is 13.8 Å². The molecule has 2 rings (SSSR count). The first-order chi connectivity index (χ1) is 9.85. The highest BCUT2D eigenvalue weighted by molar-refractivity contribution is 7.89. The van der Waals surface area contributed by atoms with Crippen molar-refractivity contribution in [3.63, 3.8) is 0 Å². The van der Waals surface area contributed by atoms with Gasteiger partial charge in [0, 0.05) is 31.0 Å². The molecule has 3 N–H and O–H groups in total. The van der Waals surface area contributed by atoms with Gasteiger partial charge < -0.3 is 10.3 Å². The summed E-state index contributed by atoms with van der Waals surface area (Å²) < 4.78 is 29.9. The van der Waals surface area contributed by atoms with Gasteiger partial charge in [0.1, 0.15) is 0 Å². The Morgan fingerprint density at radius 1 is 1.29 bits per heavy atom. The quantitative estimate of drug-likeness (QED) is 0.873. The van der Waals surface area contributed by atoms with Gasteiger partial charge in [0.2, 0.25) is 10.0 Å². The number of aryl methyl sites for hydroxylation is 1. The third-order valence-electron chi connectivity index (χ3n) is 4.32. The highest BCUT2D eigenvalue weighted by atomic mass is 32.2. The van der Waals surface area contributed by atoms with E-state index in [2.05, 4.69) is 18.6 Å². The molecule has 0 spiro atoms. The molecule has 1 heterocycles. The van der Waals surface area contributed by atoms with Crippen molar-refractivity contribution in [1.82, 2.24) is 9.29 Å². The summed E-state index contributed by atoms with van der Waals surface area (Å²) >= 11 is 0. The molecule has 0 aromatic carbocycles. The lowest BCUT2D eigenvalue weighted by Gasteiger charge is -2.31. The van der Waals surface area contributed by atoms with Crippen LogP contribution in [-0.2, 0) is 23.1 Å². The van der Waals surface area contributed by atoms with E-state index in [0.29, 0.717) is 23.3 Å². The molecule has 1 aliphatic carbocycles. The standard InChI is InChI=1S/C15H27N3O2S/c1-4-18-10-15(8-14(18)9-16)21(19,20)17-13-6-11(2)5-12(3)7-13/h8,10-13,17H,4-7,9,16H2,1-3H3. The molecule has 0 bridgehead atoms. The minimum absolute atomic E-state index is 0.0417. The van der Waals surface area contributed by atoms with Gasteiger partial charge in [-0.25, -0.2) is 13.1 Å². The average Bonchev–Trinajstić information content (AvgIpc) is 2.80. The summed E-state index contributed by atoms with van der Waals surface area (Å²) in [6.45, 7) is 7.43. The summed E-state index contributed by atoms with van der Waals surface area (Å²) in [6.07, 6.45) is 4.70. The molecule has 0 saturated heterocycles. The predicted molar refractivity (Wildman–Crippen MR) is 84.3 cm³/mol. The zero-order chi connectivity index (χ0) is 15.6. The summed E-state index contributed by atoms with van der Waals surface area (Å²) in [4.78, 5) is 0.329. The molecule has 120 valence electrons. The van der Waals surface area contributed by atoms with Gasteiger partial charge in [0.15, 0.2) is 0 Å². The summed E-state index contributed by atoms with van der Waals surface area (Å²) in [5.41, 5.74) is 6.52. The van der Waals surface area contributed by atoms with Crippen LogP contribution in [0.3, 0.4) is 0 Å². The molecular formula is C15H27N3O2S. The summed E-state index contributed by atoms with van der Waals surface area (Å²) in [5, 5.41) is 0. The molecule has 0 amide bonds. The Balaban J connectivity index is 2.16. The Labute approximate surface area is 128 Å². The van der Waals surface area contributed by atoms with Crippen molar-refractivity contribution in [2.24, 2.45) is 17.6 Å². The highest BCUT2D eigenvalue weighted by Gasteiger charge is 2.28. The first-order valence-electron chi connectivity index (χ1n) is 7.77. The van der Waals surface area contributed by atoms with Crippen molar-refractivity contribution < 1.29 is 8.42 Å². The first-order valence-corrected chi connectivity index (χ1v) is 9.25. The maximum atomic E-state index is 12.5. The van der Waals surface area contributed by atoms with Crippen LogP contribution in [0.1, 0.15) is 45.7 Å². The molecule has 1 aromatic rings. The van der Waals surface area contributed by atoms with Crippen LogP contribution >= 0.6 is 0 Å². The number of aromatic nitrogens is 1. The van der Waals surface area contributed by atoms with Crippen LogP contribution in [0.5, 0.6) is 0 Å². The van der Waals surface area contributed by atoms with Crippen molar-refractivity contribution >= 4 is 10.0 Å². The second kappa shape index (κ2) is 6.50. The van der Waals surface area contributed by atoms with Crippen molar-refractivity contribution in [3.8, 4) is 0 Å². The van der Waals surface area contributed by atoms with E-state index in [-0.39, 0.29) is 6.04 Å². The van der Waals surface area contributed by atoms with E-state index in [4.69, 9.17) is 5.73 Å². The molecule has 0 aliphatic heterocycles. The number of nitrogens with two attached hydrogens (primary N) is 1.